The number of benzene rings is 2. The van der Waals surface area contributed by atoms with Crippen LogP contribution >= 0.6 is 11.3 Å². The van der Waals surface area contributed by atoms with E-state index in [2.05, 4.69) is 42.4 Å². The van der Waals surface area contributed by atoms with Crippen molar-refractivity contribution >= 4 is 34.2 Å². The fraction of sp³-hybridized carbons (Fsp3) is 0.447. The molecule has 3 N–H and O–H groups in total. The number of nitrogens with one attached hydrogen (secondary N) is 1. The fourth-order valence-electron chi connectivity index (χ4n) is 10.4. The number of β-amino-alcohol motifs (C(OH)–C–C–N with tert-alkyl or cyclic N) is 1. The lowest BCUT2D eigenvalue weighted by molar-refractivity contribution is -0.141. The van der Waals surface area contributed by atoms with E-state index in [0.717, 1.165) is 64.1 Å². The zero-order valence-corrected chi connectivity index (χ0v) is 35.2. The Hall–Kier alpha value is -5.40. The van der Waals surface area contributed by atoms with E-state index >= 15 is 0 Å². The Balaban J connectivity index is 0.818. The molecule has 1 aliphatic heterocycles. The van der Waals surface area contributed by atoms with E-state index in [0.29, 0.717) is 40.8 Å². The van der Waals surface area contributed by atoms with Gasteiger partial charge in [0, 0.05) is 48.2 Å². The van der Waals surface area contributed by atoms with E-state index < -0.39 is 18.1 Å². The second kappa shape index (κ2) is 15.3. The number of nitrogens with zero attached hydrogens (tertiary/aromatic N) is 6. The van der Waals surface area contributed by atoms with Gasteiger partial charge in [-0.3, -0.25) is 9.59 Å². The molecule has 6 aromatic rings. The van der Waals surface area contributed by atoms with E-state index in [1.807, 2.05) is 81.7 Å². The van der Waals surface area contributed by atoms with E-state index in [9.17, 15) is 19.8 Å². The van der Waals surface area contributed by atoms with Crippen molar-refractivity contribution in [3.63, 3.8) is 0 Å². The van der Waals surface area contributed by atoms with Crippen LogP contribution in [0.25, 0.3) is 32.7 Å². The van der Waals surface area contributed by atoms with Crippen LogP contribution in [0.3, 0.4) is 0 Å². The molecule has 4 aromatic heterocycles. The molecule has 0 spiro atoms. The minimum Gasteiger partial charge on any atom is -0.507 e. The van der Waals surface area contributed by atoms with Gasteiger partial charge >= 0.3 is 0 Å². The van der Waals surface area contributed by atoms with Crippen LogP contribution in [-0.2, 0) is 9.59 Å². The summed E-state index contributed by atoms with van der Waals surface area (Å²) in [5.74, 6) is 1.17. The molecule has 3 aliphatic carbocycles. The predicted molar refractivity (Wildman–Crippen MR) is 228 cm³/mol. The second-order valence-corrected chi connectivity index (χ2v) is 18.8. The van der Waals surface area contributed by atoms with Crippen LogP contribution in [0, 0.1) is 24.7 Å². The number of aliphatic hydroxyl groups is 1. The van der Waals surface area contributed by atoms with Crippen LogP contribution in [0.15, 0.2) is 76.8 Å². The largest absolute Gasteiger partial charge is 0.507 e. The van der Waals surface area contributed by atoms with Crippen molar-refractivity contribution in [2.45, 2.75) is 108 Å². The van der Waals surface area contributed by atoms with Gasteiger partial charge in [-0.2, -0.15) is 0 Å². The molecule has 2 unspecified atom stereocenters. The van der Waals surface area contributed by atoms with Gasteiger partial charge in [-0.25, -0.2) is 4.98 Å². The number of rotatable bonds is 11. The highest BCUT2D eigenvalue weighted by molar-refractivity contribution is 7.13. The lowest BCUT2D eigenvalue weighted by Gasteiger charge is -2.30. The van der Waals surface area contributed by atoms with Gasteiger partial charge < -0.3 is 29.5 Å². The Morgan fingerprint density at radius 2 is 1.73 bits per heavy atom. The van der Waals surface area contributed by atoms with E-state index in [4.69, 9.17) is 4.52 Å². The molecule has 5 heterocycles. The summed E-state index contributed by atoms with van der Waals surface area (Å²) in [7, 11) is 0. The number of thiazole rings is 1. The highest BCUT2D eigenvalue weighted by atomic mass is 32.1. The molecule has 4 fully saturated rings. The van der Waals surface area contributed by atoms with Crippen LogP contribution < -0.4 is 5.32 Å². The summed E-state index contributed by atoms with van der Waals surface area (Å²) >= 11 is 1.60. The van der Waals surface area contributed by atoms with Crippen molar-refractivity contribution in [1.82, 2.24) is 35.1 Å². The normalized spacial score (nSPS) is 24.7. The molecule has 13 heteroatoms. The molecule has 0 bridgehead atoms. The van der Waals surface area contributed by atoms with Gasteiger partial charge in [0.1, 0.15) is 29.0 Å². The first-order chi connectivity index (χ1) is 29.0. The van der Waals surface area contributed by atoms with Crippen LogP contribution in [0.5, 0.6) is 5.75 Å². The Labute approximate surface area is 353 Å². The second-order valence-electron chi connectivity index (χ2n) is 18.0. The number of aromatic hydroxyl groups is 1. The van der Waals surface area contributed by atoms with Crippen molar-refractivity contribution in [3.8, 4) is 27.4 Å². The summed E-state index contributed by atoms with van der Waals surface area (Å²) in [6.07, 6.45) is 4.89. The van der Waals surface area contributed by atoms with Gasteiger partial charge in [0.15, 0.2) is 0 Å². The number of hydrogen-bond donors (Lipinski definition) is 3. The smallest absolute Gasteiger partial charge is 0.243 e. The molecular formula is C47H51N7O5S. The summed E-state index contributed by atoms with van der Waals surface area (Å²) in [4.78, 5) is 35.2. The van der Waals surface area contributed by atoms with Gasteiger partial charge in [0.05, 0.1) is 45.1 Å². The highest BCUT2D eigenvalue weighted by Gasteiger charge is 2.58. The third-order valence-corrected chi connectivity index (χ3v) is 14.9. The van der Waals surface area contributed by atoms with Crippen molar-refractivity contribution in [1.29, 1.82) is 0 Å². The summed E-state index contributed by atoms with van der Waals surface area (Å²) in [5, 5.41) is 38.1. The van der Waals surface area contributed by atoms with Crippen molar-refractivity contribution in [2.24, 2.45) is 17.8 Å². The molecule has 4 aliphatic rings. The summed E-state index contributed by atoms with van der Waals surface area (Å²) in [5.41, 5.74) is 10.4. The van der Waals surface area contributed by atoms with Crippen LogP contribution in [0.2, 0.25) is 0 Å². The molecular weight excluding hydrogens is 775 g/mol. The zero-order chi connectivity index (χ0) is 41.4. The number of fused-ring (bicyclic) bond motifs is 2. The number of likely N-dealkylation sites (tertiary alicyclic amines) is 1. The lowest BCUT2D eigenvalue weighted by atomic mass is 9.89. The third kappa shape index (κ3) is 6.79. The molecule has 12 nitrogen and oxygen atoms in total. The maximum Gasteiger partial charge on any atom is 0.243 e. The van der Waals surface area contributed by atoms with Crippen LogP contribution in [0.4, 0.5) is 0 Å². The summed E-state index contributed by atoms with van der Waals surface area (Å²) < 4.78 is 8.52. The summed E-state index contributed by atoms with van der Waals surface area (Å²) in [6.45, 7) is 7.98. The molecule has 2 amide bonds. The molecule has 8 atom stereocenters. The molecule has 0 radical (unpaired) electrons. The maximum atomic E-state index is 14.4. The van der Waals surface area contributed by atoms with Gasteiger partial charge in [0.2, 0.25) is 11.8 Å². The topological polar surface area (TPSA) is 160 Å². The van der Waals surface area contributed by atoms with Crippen molar-refractivity contribution in [2.75, 3.05) is 6.54 Å². The molecule has 10 rings (SSSR count). The zero-order valence-electron chi connectivity index (χ0n) is 34.4. The van der Waals surface area contributed by atoms with E-state index in [1.165, 1.54) is 12.1 Å². The van der Waals surface area contributed by atoms with Gasteiger partial charge in [-0.15, -0.1) is 21.5 Å². The Morgan fingerprint density at radius 1 is 0.967 bits per heavy atom. The number of para-hydroxylation sites is 1. The number of aryl methyl sites for hydroxylation is 1. The first kappa shape index (κ1) is 38.8. The van der Waals surface area contributed by atoms with Crippen LogP contribution in [0.1, 0.15) is 118 Å². The van der Waals surface area contributed by atoms with E-state index in [-0.39, 0.29) is 48.4 Å². The number of carbonyl (C=O) groups excluding carboxylic acids is 2. The number of phenols is 1. The standard InChI is InChI=1S/C47H51N7O5S/c1-24(2)43(47(58)53-22-31(55)18-40(53)46(57)49-25(3)27-12-14-28(15-13-27)45-26(4)48-23-60-45)42-21-35(52-59-42)29-16-33-34(17-29)44(33)39-20-37-38(54(39)30-8-7-9-30)19-36(50-51-37)32-10-5-6-11-41(32)56/h5-6,10-15,19-21,23-25,29-31,33-34,40,43-44,55-56H,7-9,16-18,22H2,1-4H3,(H,49,57)/t25-,29?,31+,33-,34+,40-,43+,44?/m0/s1. The first-order valence-electron chi connectivity index (χ1n) is 21.5. The van der Waals surface area contributed by atoms with Crippen LogP contribution in [-0.4, -0.2) is 70.5 Å². The molecule has 3 saturated carbocycles. The van der Waals surface area contributed by atoms with Crippen molar-refractivity contribution in [3.05, 3.63) is 101 Å². The van der Waals surface area contributed by atoms with Gasteiger partial charge in [-0.05, 0) is 99.1 Å². The number of amides is 2. The number of phenolic OH excluding ortho intramolecular Hbond substituents is 1. The number of hydrogen-bond acceptors (Lipinski definition) is 10. The van der Waals surface area contributed by atoms with Gasteiger partial charge in [-0.1, -0.05) is 55.4 Å². The van der Waals surface area contributed by atoms with Crippen molar-refractivity contribution < 1.29 is 24.3 Å². The highest BCUT2D eigenvalue weighted by Crippen LogP contribution is 2.67. The Kier molecular flexibility index (Phi) is 9.86. The van der Waals surface area contributed by atoms with Gasteiger partial charge in [0.25, 0.3) is 0 Å². The Bertz CT molecular complexity index is 2560. The number of carbonyl (C=O) groups is 2. The fourth-order valence-corrected chi connectivity index (χ4v) is 11.3. The molecule has 2 aromatic carbocycles. The Morgan fingerprint density at radius 3 is 2.42 bits per heavy atom. The monoisotopic (exact) mass is 825 g/mol. The SMILES string of the molecule is Cc1ncsc1-c1ccc([C@H](C)NC(=O)[C@@H]2C[C@@H](O)CN2C(=O)[C@@H](c2cc(C3C[C@@H]4C(c5cc6nnc(-c7ccccc7O)cc6n5C5CCC5)[C@@H]4C3)no2)C(C)C)cc1. The minimum absolute atomic E-state index is 0.0883. The van der Waals surface area contributed by atoms with E-state index in [1.54, 1.807) is 22.3 Å². The third-order valence-electron chi connectivity index (χ3n) is 13.9. The average Bonchev–Trinajstić information content (AvgIpc) is 3.90. The average molecular weight is 826 g/mol. The molecule has 310 valence electrons. The first-order valence-corrected chi connectivity index (χ1v) is 22.3. The number of aliphatic hydroxyl groups excluding tert-OH is 1. The quantitative estimate of drug-likeness (QED) is 0.117. The molecule has 1 saturated heterocycles. The summed E-state index contributed by atoms with van der Waals surface area (Å²) in [6, 6.07) is 21.0. The minimum atomic E-state index is -0.799. The molecule has 60 heavy (non-hydrogen) atoms. The predicted octanol–water partition coefficient (Wildman–Crippen LogP) is 8.43. The number of aromatic nitrogens is 5. The lowest BCUT2D eigenvalue weighted by Crippen LogP contribution is -2.48. The maximum absolute atomic E-state index is 14.4.